The Kier molecular flexibility index (Phi) is 7.65. The highest BCUT2D eigenvalue weighted by molar-refractivity contribution is 5.86. The van der Waals surface area contributed by atoms with Gasteiger partial charge in [0, 0.05) is 30.4 Å². The fourth-order valence-electron chi connectivity index (χ4n) is 3.00. The van der Waals surface area contributed by atoms with Gasteiger partial charge in [0.15, 0.2) is 6.61 Å². The minimum absolute atomic E-state index is 0.124. The van der Waals surface area contributed by atoms with Gasteiger partial charge in [-0.05, 0) is 46.6 Å². The molecular weight excluding hydrogens is 445 g/mol. The van der Waals surface area contributed by atoms with Gasteiger partial charge in [-0.3, -0.25) is 14.4 Å². The van der Waals surface area contributed by atoms with Crippen LogP contribution >= 0.6 is 0 Å². The van der Waals surface area contributed by atoms with Crippen molar-refractivity contribution in [2.75, 3.05) is 20.2 Å². The van der Waals surface area contributed by atoms with Crippen LogP contribution in [-0.4, -0.2) is 68.0 Å². The zero-order chi connectivity index (χ0) is 25.1. The second-order valence-corrected chi connectivity index (χ2v) is 8.61. The highest BCUT2D eigenvalue weighted by Crippen LogP contribution is 2.27. The van der Waals surface area contributed by atoms with Gasteiger partial charge in [0.2, 0.25) is 5.91 Å². The molecule has 0 saturated heterocycles. The Hall–Kier alpha value is -3.25. The maximum absolute atomic E-state index is 12.9. The number of fused-ring (bicyclic) bond motifs is 1. The summed E-state index contributed by atoms with van der Waals surface area (Å²) in [6.07, 6.45) is -4.71. The Morgan fingerprint density at radius 2 is 1.76 bits per heavy atom. The zero-order valence-corrected chi connectivity index (χ0v) is 19.3. The van der Waals surface area contributed by atoms with Crippen LogP contribution in [0, 0.1) is 13.8 Å². The van der Waals surface area contributed by atoms with E-state index >= 15 is 0 Å². The molecule has 2 aromatic rings. The summed E-state index contributed by atoms with van der Waals surface area (Å²) >= 11 is 0. The molecular formula is C20H27F3N6O4. The third-order valence-electron chi connectivity index (χ3n) is 4.56. The lowest BCUT2D eigenvalue weighted by molar-refractivity contribution is -0.152. The summed E-state index contributed by atoms with van der Waals surface area (Å²) in [5.74, 6) is -3.06. The number of aryl methyl sites for hydroxylation is 2. The lowest BCUT2D eigenvalue weighted by atomic mass is 10.1. The number of halogens is 3. The molecule has 0 aliphatic heterocycles. The molecule has 0 unspecified atom stereocenters. The van der Waals surface area contributed by atoms with Gasteiger partial charge in [-0.1, -0.05) is 0 Å². The summed E-state index contributed by atoms with van der Waals surface area (Å²) < 4.78 is 44.6. The van der Waals surface area contributed by atoms with Gasteiger partial charge in [0.25, 0.3) is 17.5 Å². The average Bonchev–Trinajstić information content (AvgIpc) is 3.08. The van der Waals surface area contributed by atoms with Crippen LogP contribution < -0.4 is 5.32 Å². The lowest BCUT2D eigenvalue weighted by Crippen LogP contribution is -2.46. The maximum atomic E-state index is 12.9. The molecule has 2 amide bonds. The van der Waals surface area contributed by atoms with Crippen LogP contribution in [0.1, 0.15) is 50.0 Å². The number of carbonyl (C=O) groups is 3. The number of aromatic nitrogens is 4. The number of nitrogens with zero attached hydrogens (tertiary/aromatic N) is 5. The van der Waals surface area contributed by atoms with Crippen LogP contribution in [-0.2, 0) is 31.7 Å². The molecule has 0 aliphatic rings. The third-order valence-corrected chi connectivity index (χ3v) is 4.56. The number of hydrogen-bond donors (Lipinski definition) is 1. The highest BCUT2D eigenvalue weighted by Gasteiger charge is 2.37. The minimum Gasteiger partial charge on any atom is -0.456 e. The number of nitrogens with one attached hydrogen (secondary N) is 1. The molecule has 0 aromatic carbocycles. The number of likely N-dealkylation sites (N-methyl/N-ethyl adjacent to an activating group) is 1. The number of ether oxygens (including phenoxy) is 1. The van der Waals surface area contributed by atoms with Crippen LogP contribution in [0.5, 0.6) is 0 Å². The number of rotatable bonds is 7. The molecule has 0 atom stereocenters. The Bertz CT molecular complexity index is 1060. The summed E-state index contributed by atoms with van der Waals surface area (Å²) in [6, 6.07) is 0. The van der Waals surface area contributed by atoms with E-state index in [1.165, 1.54) is 7.05 Å². The van der Waals surface area contributed by atoms with Crippen LogP contribution in [0.15, 0.2) is 0 Å². The zero-order valence-electron chi connectivity index (χ0n) is 19.3. The van der Waals surface area contributed by atoms with Crippen LogP contribution in [0.2, 0.25) is 0 Å². The van der Waals surface area contributed by atoms with Gasteiger partial charge in [-0.15, -0.1) is 5.10 Å². The third kappa shape index (κ3) is 7.12. The van der Waals surface area contributed by atoms with E-state index in [9.17, 15) is 27.6 Å². The molecule has 2 heterocycles. The van der Waals surface area contributed by atoms with Crippen molar-refractivity contribution < 1.29 is 32.3 Å². The fourth-order valence-corrected chi connectivity index (χ4v) is 3.00. The van der Waals surface area contributed by atoms with Crippen molar-refractivity contribution >= 4 is 23.6 Å². The first-order chi connectivity index (χ1) is 15.1. The molecule has 0 bridgehead atoms. The van der Waals surface area contributed by atoms with Gasteiger partial charge >= 0.3 is 12.1 Å². The molecule has 0 radical (unpaired) electrons. The van der Waals surface area contributed by atoms with E-state index in [1.54, 1.807) is 13.8 Å². The largest absolute Gasteiger partial charge is 0.456 e. The van der Waals surface area contributed by atoms with Crippen molar-refractivity contribution in [3.63, 3.8) is 0 Å². The van der Waals surface area contributed by atoms with Crippen molar-refractivity contribution in [1.82, 2.24) is 29.8 Å². The average molecular weight is 472 g/mol. The molecule has 33 heavy (non-hydrogen) atoms. The Morgan fingerprint density at radius 3 is 2.33 bits per heavy atom. The van der Waals surface area contributed by atoms with Gasteiger partial charge in [-0.2, -0.15) is 18.2 Å². The number of carbonyl (C=O) groups excluding carboxylic acids is 3. The summed E-state index contributed by atoms with van der Waals surface area (Å²) in [7, 11) is 1.42. The van der Waals surface area contributed by atoms with E-state index in [0.717, 1.165) is 9.42 Å². The molecule has 0 aliphatic carbocycles. The molecule has 13 heteroatoms. The first-order valence-corrected chi connectivity index (χ1v) is 10.1. The number of esters is 1. The molecule has 182 valence electrons. The Morgan fingerprint density at radius 1 is 1.12 bits per heavy atom. The smallest absolute Gasteiger partial charge is 0.453 e. The topological polar surface area (TPSA) is 119 Å². The van der Waals surface area contributed by atoms with E-state index in [0.29, 0.717) is 17.0 Å². The normalized spacial score (nSPS) is 12.0. The van der Waals surface area contributed by atoms with Gasteiger partial charge < -0.3 is 15.0 Å². The van der Waals surface area contributed by atoms with Crippen molar-refractivity contribution in [2.45, 2.75) is 59.2 Å². The monoisotopic (exact) mass is 472 g/mol. The Balaban J connectivity index is 1.94. The van der Waals surface area contributed by atoms with Gasteiger partial charge in [-0.25, -0.2) is 9.50 Å². The molecule has 0 saturated carbocycles. The SMILES string of the molecule is Cc1nc2nc(C(F)(F)F)nn2c(C)c1CCC(=O)OCC(=O)N(C)CC(=O)NC(C)(C)C. The van der Waals surface area contributed by atoms with E-state index < -0.39 is 36.0 Å². The summed E-state index contributed by atoms with van der Waals surface area (Å²) in [4.78, 5) is 44.7. The van der Waals surface area contributed by atoms with Crippen molar-refractivity contribution in [1.29, 1.82) is 0 Å². The van der Waals surface area contributed by atoms with Crippen molar-refractivity contribution in [3.05, 3.63) is 22.8 Å². The molecule has 10 nitrogen and oxygen atoms in total. The predicted octanol–water partition coefficient (Wildman–Crippen LogP) is 1.61. The summed E-state index contributed by atoms with van der Waals surface area (Å²) in [5.41, 5.74) is 0.867. The first kappa shape index (κ1) is 26.0. The Labute approximate surface area is 188 Å². The van der Waals surface area contributed by atoms with Crippen LogP contribution in [0.4, 0.5) is 13.2 Å². The minimum atomic E-state index is -4.70. The molecule has 1 N–H and O–H groups in total. The van der Waals surface area contributed by atoms with Gasteiger partial charge in [0.1, 0.15) is 0 Å². The van der Waals surface area contributed by atoms with Crippen molar-refractivity contribution in [3.8, 4) is 0 Å². The van der Waals surface area contributed by atoms with E-state index in [1.807, 2.05) is 20.8 Å². The summed E-state index contributed by atoms with van der Waals surface area (Å²) in [6.45, 7) is 7.85. The van der Waals surface area contributed by atoms with Crippen LogP contribution in [0.3, 0.4) is 0 Å². The van der Waals surface area contributed by atoms with E-state index in [4.69, 9.17) is 4.74 Å². The first-order valence-electron chi connectivity index (χ1n) is 10.1. The molecule has 0 spiro atoms. The number of hydrogen-bond acceptors (Lipinski definition) is 7. The van der Waals surface area contributed by atoms with Gasteiger partial charge in [0.05, 0.1) is 6.54 Å². The molecule has 0 fully saturated rings. The maximum Gasteiger partial charge on any atom is 0.453 e. The molecule has 2 aromatic heterocycles. The van der Waals surface area contributed by atoms with Crippen molar-refractivity contribution in [2.24, 2.45) is 0 Å². The van der Waals surface area contributed by atoms with E-state index in [2.05, 4.69) is 20.4 Å². The standard InChI is InChI=1S/C20H27F3N6O4/c1-11-13(12(2)29-18(24-11)25-17(27-29)20(21,22)23)7-8-16(32)33-10-15(31)28(6)9-14(30)26-19(3,4)5/h7-10H2,1-6H3,(H,26,30). The number of amides is 2. The quantitative estimate of drug-likeness (QED) is 0.608. The van der Waals surface area contributed by atoms with Crippen LogP contribution in [0.25, 0.3) is 5.78 Å². The predicted molar refractivity (Wildman–Crippen MR) is 110 cm³/mol. The highest BCUT2D eigenvalue weighted by atomic mass is 19.4. The number of alkyl halides is 3. The second-order valence-electron chi connectivity index (χ2n) is 8.61. The fraction of sp³-hybridized carbons (Fsp3) is 0.600. The molecule has 2 rings (SSSR count). The lowest BCUT2D eigenvalue weighted by Gasteiger charge is -2.23. The summed E-state index contributed by atoms with van der Waals surface area (Å²) in [5, 5.41) is 6.18. The second kappa shape index (κ2) is 9.71. The van der Waals surface area contributed by atoms with E-state index in [-0.39, 0.29) is 31.1 Å².